The number of carbonyl (C=O) groups is 1. The molecule has 1 amide bonds. The molecule has 2 aromatic carbocycles. The monoisotopic (exact) mass is 388 g/mol. The number of fused-ring (bicyclic) bond motifs is 1. The number of sulfonamides is 1. The number of carbonyl (C=O) groups excluding carboxylic acids is 1. The van der Waals surface area contributed by atoms with Crippen LogP contribution in [0.2, 0.25) is 0 Å². The summed E-state index contributed by atoms with van der Waals surface area (Å²) in [4.78, 5) is 12.8. The molecule has 2 atom stereocenters. The first-order chi connectivity index (χ1) is 12.9. The predicted octanol–water partition coefficient (Wildman–Crippen LogP) is 3.55. The summed E-state index contributed by atoms with van der Waals surface area (Å²) in [5, 5.41) is 4.94. The van der Waals surface area contributed by atoms with E-state index in [1.165, 1.54) is 4.31 Å². The average molecular weight is 389 g/mol. The van der Waals surface area contributed by atoms with Gasteiger partial charge in [0.05, 0.1) is 10.8 Å². The van der Waals surface area contributed by atoms with Crippen LogP contribution in [0.4, 0.5) is 0 Å². The summed E-state index contributed by atoms with van der Waals surface area (Å²) in [6, 6.07) is 13.0. The van der Waals surface area contributed by atoms with Gasteiger partial charge in [-0.1, -0.05) is 43.7 Å². The maximum Gasteiger partial charge on any atom is 0.243 e. The van der Waals surface area contributed by atoms with E-state index in [-0.39, 0.29) is 24.4 Å². The van der Waals surface area contributed by atoms with Crippen molar-refractivity contribution in [1.29, 1.82) is 0 Å². The third-order valence-corrected chi connectivity index (χ3v) is 7.09. The molecular weight excluding hydrogens is 360 g/mol. The molecule has 27 heavy (non-hydrogen) atoms. The number of rotatable bonds is 6. The Kier molecular flexibility index (Phi) is 6.17. The van der Waals surface area contributed by atoms with Crippen molar-refractivity contribution in [3.63, 3.8) is 0 Å². The molecule has 2 aromatic rings. The molecule has 0 saturated carbocycles. The normalized spacial score (nSPS) is 19.7. The lowest BCUT2D eigenvalue weighted by molar-refractivity contribution is -0.126. The van der Waals surface area contributed by atoms with Crippen LogP contribution in [0.1, 0.15) is 39.5 Å². The van der Waals surface area contributed by atoms with Crippen LogP contribution in [-0.4, -0.2) is 37.8 Å². The third kappa shape index (κ3) is 4.50. The first-order valence-corrected chi connectivity index (χ1v) is 11.1. The third-order valence-electron chi connectivity index (χ3n) is 5.22. The van der Waals surface area contributed by atoms with E-state index in [0.29, 0.717) is 17.9 Å². The zero-order valence-electron chi connectivity index (χ0n) is 16.0. The summed E-state index contributed by atoms with van der Waals surface area (Å²) >= 11 is 0. The molecule has 1 fully saturated rings. The minimum absolute atomic E-state index is 0.0330. The molecule has 1 heterocycles. The second kappa shape index (κ2) is 8.40. The molecule has 1 aliphatic rings. The predicted molar refractivity (Wildman–Crippen MR) is 108 cm³/mol. The van der Waals surface area contributed by atoms with Crippen molar-refractivity contribution in [1.82, 2.24) is 9.62 Å². The van der Waals surface area contributed by atoms with Gasteiger partial charge in [0.1, 0.15) is 0 Å². The Balaban J connectivity index is 1.76. The molecule has 0 aliphatic carbocycles. The number of benzene rings is 2. The van der Waals surface area contributed by atoms with Crippen LogP contribution >= 0.6 is 0 Å². The Labute approximate surface area is 161 Å². The van der Waals surface area contributed by atoms with Crippen LogP contribution in [0.25, 0.3) is 10.8 Å². The van der Waals surface area contributed by atoms with Gasteiger partial charge in [-0.2, -0.15) is 4.31 Å². The summed E-state index contributed by atoms with van der Waals surface area (Å²) in [5.41, 5.74) is 0. The zero-order chi connectivity index (χ0) is 19.4. The lowest BCUT2D eigenvalue weighted by Crippen LogP contribution is -2.47. The maximum atomic E-state index is 13.1. The minimum atomic E-state index is -3.61. The number of piperidine rings is 1. The molecule has 5 nitrogen and oxygen atoms in total. The van der Waals surface area contributed by atoms with E-state index in [9.17, 15) is 13.2 Å². The molecule has 1 saturated heterocycles. The van der Waals surface area contributed by atoms with Crippen LogP contribution in [0, 0.1) is 5.92 Å². The molecule has 6 heteroatoms. The first-order valence-electron chi connectivity index (χ1n) is 9.71. The Bertz CT molecular complexity index is 911. The largest absolute Gasteiger partial charge is 0.353 e. The van der Waals surface area contributed by atoms with Crippen molar-refractivity contribution in [3.8, 4) is 0 Å². The van der Waals surface area contributed by atoms with E-state index in [1.54, 1.807) is 12.1 Å². The SMILES string of the molecule is CCC[C@@H](C)NC(=O)[C@@H]1CCCN(S(=O)(=O)c2ccc3ccccc3c2)C1. The second-order valence-electron chi connectivity index (χ2n) is 7.41. The average Bonchev–Trinajstić information content (AvgIpc) is 2.67. The van der Waals surface area contributed by atoms with Crippen LogP contribution in [0.15, 0.2) is 47.4 Å². The van der Waals surface area contributed by atoms with Gasteiger partial charge >= 0.3 is 0 Å². The van der Waals surface area contributed by atoms with Crippen molar-refractivity contribution in [2.24, 2.45) is 5.92 Å². The standard InChI is InChI=1S/C21H28N2O3S/c1-3-7-16(2)22-21(24)19-10-6-13-23(15-19)27(25,26)20-12-11-17-8-4-5-9-18(17)14-20/h4-5,8-9,11-12,14,16,19H,3,6-7,10,13,15H2,1-2H3,(H,22,24)/t16-,19-/m1/s1. The van der Waals surface area contributed by atoms with E-state index in [2.05, 4.69) is 12.2 Å². The quantitative estimate of drug-likeness (QED) is 0.823. The molecule has 3 rings (SSSR count). The van der Waals surface area contributed by atoms with Gasteiger partial charge in [0.25, 0.3) is 0 Å². The fourth-order valence-electron chi connectivity index (χ4n) is 3.72. The number of hydrogen-bond donors (Lipinski definition) is 1. The molecule has 0 unspecified atom stereocenters. The van der Waals surface area contributed by atoms with Gasteiger partial charge in [0, 0.05) is 19.1 Å². The van der Waals surface area contributed by atoms with E-state index in [0.717, 1.165) is 30.0 Å². The number of nitrogens with zero attached hydrogens (tertiary/aromatic N) is 1. The second-order valence-corrected chi connectivity index (χ2v) is 9.35. The molecule has 0 radical (unpaired) electrons. The number of amides is 1. The smallest absolute Gasteiger partial charge is 0.243 e. The Morgan fingerprint density at radius 2 is 1.96 bits per heavy atom. The van der Waals surface area contributed by atoms with Crippen molar-refractivity contribution >= 4 is 26.7 Å². The molecule has 146 valence electrons. The topological polar surface area (TPSA) is 66.5 Å². The van der Waals surface area contributed by atoms with Crippen molar-refractivity contribution < 1.29 is 13.2 Å². The van der Waals surface area contributed by atoms with Gasteiger partial charge in [-0.15, -0.1) is 0 Å². The van der Waals surface area contributed by atoms with Crippen LogP contribution in [-0.2, 0) is 14.8 Å². The van der Waals surface area contributed by atoms with Crippen molar-refractivity contribution in [2.45, 2.75) is 50.5 Å². The molecule has 0 bridgehead atoms. The van der Waals surface area contributed by atoms with Gasteiger partial charge in [-0.3, -0.25) is 4.79 Å². The number of hydrogen-bond acceptors (Lipinski definition) is 3. The summed E-state index contributed by atoms with van der Waals surface area (Å²) in [5.74, 6) is -0.317. The summed E-state index contributed by atoms with van der Waals surface area (Å²) in [6.45, 7) is 4.79. The maximum absolute atomic E-state index is 13.1. The molecular formula is C21H28N2O3S. The zero-order valence-corrected chi connectivity index (χ0v) is 16.8. The summed E-state index contributed by atoms with van der Waals surface area (Å²) in [6.07, 6.45) is 3.37. The van der Waals surface area contributed by atoms with Crippen LogP contribution < -0.4 is 5.32 Å². The Morgan fingerprint density at radius 1 is 1.22 bits per heavy atom. The van der Waals surface area contributed by atoms with Crippen molar-refractivity contribution in [2.75, 3.05) is 13.1 Å². The van der Waals surface area contributed by atoms with Crippen LogP contribution in [0.5, 0.6) is 0 Å². The Morgan fingerprint density at radius 3 is 2.70 bits per heavy atom. The highest BCUT2D eigenvalue weighted by atomic mass is 32.2. The van der Waals surface area contributed by atoms with E-state index < -0.39 is 10.0 Å². The van der Waals surface area contributed by atoms with E-state index in [1.807, 2.05) is 37.3 Å². The highest BCUT2D eigenvalue weighted by molar-refractivity contribution is 7.89. The molecule has 1 N–H and O–H groups in total. The fraction of sp³-hybridized carbons (Fsp3) is 0.476. The van der Waals surface area contributed by atoms with Gasteiger partial charge in [-0.25, -0.2) is 8.42 Å². The van der Waals surface area contributed by atoms with Gasteiger partial charge < -0.3 is 5.32 Å². The van der Waals surface area contributed by atoms with Gasteiger partial charge in [0.2, 0.25) is 15.9 Å². The van der Waals surface area contributed by atoms with Gasteiger partial charge in [-0.05, 0) is 49.1 Å². The van der Waals surface area contributed by atoms with E-state index in [4.69, 9.17) is 0 Å². The van der Waals surface area contributed by atoms with Gasteiger partial charge in [0.15, 0.2) is 0 Å². The highest BCUT2D eigenvalue weighted by Crippen LogP contribution is 2.26. The molecule has 1 aliphatic heterocycles. The van der Waals surface area contributed by atoms with Crippen LogP contribution in [0.3, 0.4) is 0 Å². The minimum Gasteiger partial charge on any atom is -0.353 e. The fourth-order valence-corrected chi connectivity index (χ4v) is 5.28. The summed E-state index contributed by atoms with van der Waals surface area (Å²) in [7, 11) is -3.61. The highest BCUT2D eigenvalue weighted by Gasteiger charge is 2.33. The van der Waals surface area contributed by atoms with E-state index >= 15 is 0 Å². The first kappa shape index (κ1) is 19.8. The lowest BCUT2D eigenvalue weighted by Gasteiger charge is -2.32. The summed E-state index contributed by atoms with van der Waals surface area (Å²) < 4.78 is 27.7. The molecule has 0 spiro atoms. The Hall–Kier alpha value is -1.92. The van der Waals surface area contributed by atoms with Crippen molar-refractivity contribution in [3.05, 3.63) is 42.5 Å². The molecule has 0 aromatic heterocycles. The lowest BCUT2D eigenvalue weighted by atomic mass is 9.98. The number of nitrogens with one attached hydrogen (secondary N) is 1.